The van der Waals surface area contributed by atoms with Gasteiger partial charge in [-0.3, -0.25) is 0 Å². The maximum absolute atomic E-state index is 12.6. The van der Waals surface area contributed by atoms with Crippen LogP contribution in [0.5, 0.6) is 0 Å². The summed E-state index contributed by atoms with van der Waals surface area (Å²) in [5, 5.41) is 0. The van der Waals surface area contributed by atoms with Gasteiger partial charge in [0.15, 0.2) is 0 Å². The molecule has 84 valence electrons. The van der Waals surface area contributed by atoms with Crippen molar-refractivity contribution in [1.29, 1.82) is 0 Å². The molecule has 0 aliphatic rings. The molecule has 1 aromatic rings. The number of benzene rings is 1. The number of rotatable bonds is 0. The number of alkyl halides is 3. The minimum absolute atomic E-state index is 0.259. The molecule has 1 rings (SSSR count). The molecule has 0 aromatic heterocycles. The van der Waals surface area contributed by atoms with Crippen molar-refractivity contribution in [3.05, 3.63) is 34.9 Å². The van der Waals surface area contributed by atoms with Gasteiger partial charge in [-0.05, 0) is 29.5 Å². The van der Waals surface area contributed by atoms with E-state index in [-0.39, 0.29) is 5.41 Å². The van der Waals surface area contributed by atoms with Gasteiger partial charge in [0.05, 0.1) is 5.56 Å². The molecule has 0 aliphatic heterocycles. The van der Waals surface area contributed by atoms with Crippen LogP contribution in [0.25, 0.3) is 0 Å². The predicted molar refractivity (Wildman–Crippen MR) is 54.9 cm³/mol. The van der Waals surface area contributed by atoms with Crippen molar-refractivity contribution in [2.75, 3.05) is 0 Å². The van der Waals surface area contributed by atoms with E-state index in [1.54, 1.807) is 6.07 Å². The van der Waals surface area contributed by atoms with E-state index < -0.39 is 11.7 Å². The summed E-state index contributed by atoms with van der Waals surface area (Å²) in [5.74, 6) is 0. The average Bonchev–Trinajstić information content (AvgIpc) is 1.99. The van der Waals surface area contributed by atoms with Gasteiger partial charge in [-0.25, -0.2) is 0 Å². The molecule has 1 aromatic carbocycles. The van der Waals surface area contributed by atoms with Gasteiger partial charge in [-0.1, -0.05) is 32.9 Å². The first-order valence-corrected chi connectivity index (χ1v) is 4.81. The Hall–Kier alpha value is -0.990. The summed E-state index contributed by atoms with van der Waals surface area (Å²) in [6.07, 6.45) is -4.26. The van der Waals surface area contributed by atoms with Crippen molar-refractivity contribution in [2.45, 2.75) is 39.3 Å². The molecule has 0 nitrogen and oxygen atoms in total. The first-order valence-electron chi connectivity index (χ1n) is 4.81. The Morgan fingerprint density at radius 2 is 1.40 bits per heavy atom. The lowest BCUT2D eigenvalue weighted by atomic mass is 9.82. The molecule has 0 heterocycles. The molecular weight excluding hydrogens is 201 g/mol. The lowest BCUT2D eigenvalue weighted by molar-refractivity contribution is -0.138. The molecule has 0 N–H and O–H groups in total. The van der Waals surface area contributed by atoms with E-state index in [0.717, 1.165) is 11.6 Å². The van der Waals surface area contributed by atoms with E-state index in [1.165, 1.54) is 13.0 Å². The monoisotopic (exact) mass is 216 g/mol. The van der Waals surface area contributed by atoms with Gasteiger partial charge in [0.2, 0.25) is 0 Å². The molecule has 0 saturated heterocycles. The van der Waals surface area contributed by atoms with Crippen molar-refractivity contribution in [1.82, 2.24) is 0 Å². The molecule has 0 spiro atoms. The highest BCUT2D eigenvalue weighted by Crippen LogP contribution is 2.36. The third kappa shape index (κ3) is 2.52. The van der Waals surface area contributed by atoms with Crippen LogP contribution in [0.15, 0.2) is 18.2 Å². The fraction of sp³-hybridized carbons (Fsp3) is 0.500. The number of hydrogen-bond acceptors (Lipinski definition) is 0. The summed E-state index contributed by atoms with van der Waals surface area (Å²) in [4.78, 5) is 0. The van der Waals surface area contributed by atoms with Gasteiger partial charge < -0.3 is 0 Å². The zero-order chi connectivity index (χ0) is 11.9. The van der Waals surface area contributed by atoms with Gasteiger partial charge in [0.1, 0.15) is 0 Å². The smallest absolute Gasteiger partial charge is 0.166 e. The quantitative estimate of drug-likeness (QED) is 0.606. The highest BCUT2D eigenvalue weighted by Gasteiger charge is 2.34. The fourth-order valence-electron chi connectivity index (χ4n) is 1.76. The second-order valence-corrected chi connectivity index (χ2v) is 4.73. The summed E-state index contributed by atoms with van der Waals surface area (Å²) >= 11 is 0. The summed E-state index contributed by atoms with van der Waals surface area (Å²) in [5.41, 5.74) is 0.287. The van der Waals surface area contributed by atoms with E-state index in [2.05, 4.69) is 0 Å². The molecule has 0 aliphatic carbocycles. The van der Waals surface area contributed by atoms with E-state index in [4.69, 9.17) is 0 Å². The zero-order valence-electron chi connectivity index (χ0n) is 9.37. The Kier molecular flexibility index (Phi) is 2.85. The van der Waals surface area contributed by atoms with Crippen LogP contribution in [0.3, 0.4) is 0 Å². The summed E-state index contributed by atoms with van der Waals surface area (Å²) in [7, 11) is 0. The SMILES string of the molecule is Cc1c(C(C)(C)C)cccc1C(F)(F)F. The van der Waals surface area contributed by atoms with Gasteiger partial charge in [0.25, 0.3) is 0 Å². The first kappa shape index (κ1) is 12.1. The fourth-order valence-corrected chi connectivity index (χ4v) is 1.76. The van der Waals surface area contributed by atoms with Crippen LogP contribution in [0, 0.1) is 6.92 Å². The Labute approximate surface area is 88.1 Å². The Bertz CT molecular complexity index is 324. The summed E-state index contributed by atoms with van der Waals surface area (Å²) in [6.45, 7) is 7.27. The largest absolute Gasteiger partial charge is 0.416 e. The molecule has 0 saturated carbocycles. The maximum Gasteiger partial charge on any atom is 0.416 e. The molecule has 0 atom stereocenters. The molecule has 15 heavy (non-hydrogen) atoms. The topological polar surface area (TPSA) is 0 Å². The third-order valence-corrected chi connectivity index (χ3v) is 2.45. The normalized spacial score (nSPS) is 13.0. The maximum atomic E-state index is 12.6. The van der Waals surface area contributed by atoms with E-state index >= 15 is 0 Å². The second-order valence-electron chi connectivity index (χ2n) is 4.73. The van der Waals surface area contributed by atoms with Crippen LogP contribution in [0.1, 0.15) is 37.5 Å². The Balaban J connectivity index is 3.37. The van der Waals surface area contributed by atoms with Gasteiger partial charge in [-0.2, -0.15) is 13.2 Å². The van der Waals surface area contributed by atoms with Crippen molar-refractivity contribution in [2.24, 2.45) is 0 Å². The highest BCUT2D eigenvalue weighted by molar-refractivity contribution is 5.39. The highest BCUT2D eigenvalue weighted by atomic mass is 19.4. The lowest BCUT2D eigenvalue weighted by Gasteiger charge is -2.23. The number of hydrogen-bond donors (Lipinski definition) is 0. The van der Waals surface area contributed by atoms with Gasteiger partial charge >= 0.3 is 6.18 Å². The molecule has 0 fully saturated rings. The van der Waals surface area contributed by atoms with Crippen LogP contribution < -0.4 is 0 Å². The van der Waals surface area contributed by atoms with Crippen molar-refractivity contribution in [3.63, 3.8) is 0 Å². The van der Waals surface area contributed by atoms with Crippen molar-refractivity contribution in [3.8, 4) is 0 Å². The van der Waals surface area contributed by atoms with Crippen LogP contribution in [0.2, 0.25) is 0 Å². The first-order chi connectivity index (χ1) is 6.64. The summed E-state index contributed by atoms with van der Waals surface area (Å²) in [6, 6.07) is 4.35. The predicted octanol–water partition coefficient (Wildman–Crippen LogP) is 4.31. The van der Waals surface area contributed by atoms with Crippen LogP contribution in [0.4, 0.5) is 13.2 Å². The third-order valence-electron chi connectivity index (χ3n) is 2.45. The molecule has 0 radical (unpaired) electrons. The second kappa shape index (κ2) is 3.54. The van der Waals surface area contributed by atoms with Crippen LogP contribution >= 0.6 is 0 Å². The van der Waals surface area contributed by atoms with Crippen LogP contribution in [-0.2, 0) is 11.6 Å². The lowest BCUT2D eigenvalue weighted by Crippen LogP contribution is -2.17. The summed E-state index contributed by atoms with van der Waals surface area (Å²) < 4.78 is 37.9. The minimum Gasteiger partial charge on any atom is -0.166 e. The molecule has 0 amide bonds. The van der Waals surface area contributed by atoms with E-state index in [9.17, 15) is 13.2 Å². The molecular formula is C12H15F3. The van der Waals surface area contributed by atoms with Crippen molar-refractivity contribution < 1.29 is 13.2 Å². The molecule has 0 bridgehead atoms. The van der Waals surface area contributed by atoms with E-state index in [1.807, 2.05) is 20.8 Å². The minimum atomic E-state index is -4.26. The zero-order valence-corrected chi connectivity index (χ0v) is 9.37. The van der Waals surface area contributed by atoms with Gasteiger partial charge in [-0.15, -0.1) is 0 Å². The molecule has 0 unspecified atom stereocenters. The Morgan fingerprint density at radius 3 is 1.80 bits per heavy atom. The standard InChI is InChI=1S/C12H15F3/c1-8-9(11(2,3)4)6-5-7-10(8)12(13,14)15/h5-7H,1-4H3. The van der Waals surface area contributed by atoms with Gasteiger partial charge in [0, 0.05) is 0 Å². The Morgan fingerprint density at radius 1 is 0.933 bits per heavy atom. The average molecular weight is 216 g/mol. The number of halogens is 3. The van der Waals surface area contributed by atoms with E-state index in [0.29, 0.717) is 5.56 Å². The molecule has 3 heteroatoms. The van der Waals surface area contributed by atoms with Crippen molar-refractivity contribution >= 4 is 0 Å². The van der Waals surface area contributed by atoms with Crippen LogP contribution in [-0.4, -0.2) is 0 Å².